The number of nitrogens with zero attached hydrogens (tertiary/aromatic N) is 1. The van der Waals surface area contributed by atoms with Crippen molar-refractivity contribution in [3.8, 4) is 0 Å². The fraction of sp³-hybridized carbons (Fsp3) is 0.182. The molecule has 1 aliphatic heterocycles. The summed E-state index contributed by atoms with van der Waals surface area (Å²) in [7, 11) is 0. The van der Waals surface area contributed by atoms with E-state index in [-0.39, 0.29) is 11.8 Å². The van der Waals surface area contributed by atoms with Crippen molar-refractivity contribution in [1.82, 2.24) is 4.98 Å². The predicted molar refractivity (Wildman–Crippen MR) is 108 cm³/mol. The average molecular weight is 405 g/mol. The van der Waals surface area contributed by atoms with Crippen LogP contribution in [0.4, 0.5) is 5.69 Å². The summed E-state index contributed by atoms with van der Waals surface area (Å²) in [5, 5.41) is 4.75. The van der Waals surface area contributed by atoms with E-state index < -0.39 is 0 Å². The van der Waals surface area contributed by atoms with Crippen LogP contribution in [0.2, 0.25) is 0 Å². The number of Topliss-reactive ketones (excluding diaryl/α,β-unsaturated/α-hetero) is 1. The normalized spacial score (nSPS) is 19.1. The molecule has 2 heterocycles. The topological polar surface area (TPSA) is 42.0 Å². The van der Waals surface area contributed by atoms with Gasteiger partial charge in [-0.3, -0.25) is 9.78 Å². The van der Waals surface area contributed by atoms with Crippen LogP contribution in [-0.2, 0) is 4.79 Å². The second-order valence-corrected chi connectivity index (χ2v) is 7.78. The van der Waals surface area contributed by atoms with Crippen LogP contribution >= 0.6 is 15.9 Å². The third kappa shape index (κ3) is 2.40. The number of carbonyl (C=O) groups is 1. The molecule has 0 bridgehead atoms. The number of aromatic nitrogens is 1. The first-order valence-corrected chi connectivity index (χ1v) is 9.68. The van der Waals surface area contributed by atoms with Gasteiger partial charge in [-0.2, -0.15) is 0 Å². The SMILES string of the molecule is O=C1CCCC2=C1C(c1cccc(Br)c1)Nc1ccc3ncccc3c12. The molecule has 3 aromatic rings. The molecule has 3 nitrogen and oxygen atoms in total. The van der Waals surface area contributed by atoms with E-state index >= 15 is 0 Å². The van der Waals surface area contributed by atoms with Gasteiger partial charge in [0.15, 0.2) is 5.78 Å². The lowest BCUT2D eigenvalue weighted by molar-refractivity contribution is -0.116. The number of nitrogens with one attached hydrogen (secondary N) is 1. The minimum Gasteiger partial charge on any atom is -0.373 e. The molecule has 0 saturated heterocycles. The van der Waals surface area contributed by atoms with Crippen LogP contribution in [0.5, 0.6) is 0 Å². The van der Waals surface area contributed by atoms with E-state index in [1.165, 1.54) is 5.57 Å². The Morgan fingerprint density at radius 1 is 1.08 bits per heavy atom. The number of halogens is 1. The summed E-state index contributed by atoms with van der Waals surface area (Å²) >= 11 is 3.56. The second kappa shape index (κ2) is 6.06. The molecule has 0 fully saturated rings. The van der Waals surface area contributed by atoms with Crippen LogP contribution in [0.15, 0.2) is 64.8 Å². The van der Waals surface area contributed by atoms with Gasteiger partial charge in [0.1, 0.15) is 0 Å². The van der Waals surface area contributed by atoms with E-state index in [1.807, 2.05) is 24.4 Å². The molecule has 2 aromatic carbocycles. The van der Waals surface area contributed by atoms with E-state index in [9.17, 15) is 4.79 Å². The zero-order valence-electron chi connectivity index (χ0n) is 14.1. The smallest absolute Gasteiger partial charge is 0.161 e. The predicted octanol–water partition coefficient (Wildman–Crippen LogP) is 5.67. The Hall–Kier alpha value is -2.46. The third-order valence-corrected chi connectivity index (χ3v) is 5.81. The molecule has 0 saturated carbocycles. The summed E-state index contributed by atoms with van der Waals surface area (Å²) < 4.78 is 1.02. The molecule has 128 valence electrons. The maximum atomic E-state index is 12.9. The molecule has 0 spiro atoms. The van der Waals surface area contributed by atoms with Gasteiger partial charge in [-0.15, -0.1) is 0 Å². The highest BCUT2D eigenvalue weighted by Gasteiger charge is 2.34. The number of anilines is 1. The molecule has 5 rings (SSSR count). The minimum absolute atomic E-state index is 0.100. The van der Waals surface area contributed by atoms with Gasteiger partial charge in [-0.05, 0) is 54.3 Å². The van der Waals surface area contributed by atoms with Crippen molar-refractivity contribution < 1.29 is 4.79 Å². The number of pyridine rings is 1. The van der Waals surface area contributed by atoms with Gasteiger partial charge in [0.2, 0.25) is 0 Å². The molecule has 0 amide bonds. The Kier molecular flexibility index (Phi) is 3.68. The first kappa shape index (κ1) is 15.8. The largest absolute Gasteiger partial charge is 0.373 e. The summed E-state index contributed by atoms with van der Waals surface area (Å²) in [6.45, 7) is 0. The summed E-state index contributed by atoms with van der Waals surface area (Å²) in [6.07, 6.45) is 4.30. The zero-order valence-corrected chi connectivity index (χ0v) is 15.7. The number of hydrogen-bond donors (Lipinski definition) is 1. The zero-order chi connectivity index (χ0) is 17.7. The van der Waals surface area contributed by atoms with Crippen molar-refractivity contribution in [2.45, 2.75) is 25.3 Å². The van der Waals surface area contributed by atoms with Crippen LogP contribution in [0.3, 0.4) is 0 Å². The Bertz CT molecular complexity index is 1090. The molecule has 1 aliphatic carbocycles. The molecule has 4 heteroatoms. The van der Waals surface area contributed by atoms with Crippen LogP contribution in [-0.4, -0.2) is 10.8 Å². The van der Waals surface area contributed by atoms with Crippen LogP contribution < -0.4 is 5.32 Å². The summed E-state index contributed by atoms with van der Waals surface area (Å²) in [5.41, 5.74) is 6.45. The maximum Gasteiger partial charge on any atom is 0.161 e. The lowest BCUT2D eigenvalue weighted by Crippen LogP contribution is -2.27. The molecule has 1 atom stereocenters. The third-order valence-electron chi connectivity index (χ3n) is 5.31. The van der Waals surface area contributed by atoms with E-state index in [0.717, 1.165) is 50.6 Å². The first-order valence-electron chi connectivity index (χ1n) is 8.89. The van der Waals surface area contributed by atoms with Gasteiger partial charge < -0.3 is 5.32 Å². The Morgan fingerprint density at radius 3 is 2.88 bits per heavy atom. The number of carbonyl (C=O) groups excluding carboxylic acids is 1. The molecule has 26 heavy (non-hydrogen) atoms. The van der Waals surface area contributed by atoms with Crippen molar-refractivity contribution in [1.29, 1.82) is 0 Å². The van der Waals surface area contributed by atoms with Crippen molar-refractivity contribution in [3.05, 3.63) is 75.9 Å². The van der Waals surface area contributed by atoms with Crippen molar-refractivity contribution in [3.63, 3.8) is 0 Å². The van der Waals surface area contributed by atoms with Crippen molar-refractivity contribution in [2.75, 3.05) is 5.32 Å². The Morgan fingerprint density at radius 2 is 2.00 bits per heavy atom. The summed E-state index contributed by atoms with van der Waals surface area (Å²) in [4.78, 5) is 17.4. The lowest BCUT2D eigenvalue weighted by atomic mass is 9.77. The van der Waals surface area contributed by atoms with Crippen LogP contribution in [0.1, 0.15) is 36.4 Å². The van der Waals surface area contributed by atoms with E-state index in [0.29, 0.717) is 6.42 Å². The minimum atomic E-state index is -0.100. The van der Waals surface area contributed by atoms with Gasteiger partial charge in [-0.1, -0.05) is 34.1 Å². The standard InChI is InChI=1S/C22H17BrN2O/c23-14-5-1-4-13(12-14)22-21-16(6-2-8-19(21)26)20-15-7-3-11-24-17(15)9-10-18(20)25-22/h1,3-5,7,9-12,22,25H,2,6,8H2. The Labute approximate surface area is 160 Å². The number of allylic oxidation sites excluding steroid dienone is 1. The first-order chi connectivity index (χ1) is 12.7. The van der Waals surface area contributed by atoms with Gasteiger partial charge in [0.25, 0.3) is 0 Å². The van der Waals surface area contributed by atoms with Crippen molar-refractivity contribution in [2.24, 2.45) is 0 Å². The lowest BCUT2D eigenvalue weighted by Gasteiger charge is -2.35. The highest BCUT2D eigenvalue weighted by atomic mass is 79.9. The van der Waals surface area contributed by atoms with Crippen LogP contribution in [0.25, 0.3) is 16.5 Å². The van der Waals surface area contributed by atoms with E-state index in [1.54, 1.807) is 0 Å². The van der Waals surface area contributed by atoms with E-state index in [4.69, 9.17) is 0 Å². The quantitative estimate of drug-likeness (QED) is 0.567. The summed E-state index contributed by atoms with van der Waals surface area (Å²) in [5.74, 6) is 0.260. The number of fused-ring (bicyclic) bond motifs is 4. The molecule has 2 aliphatic rings. The molecule has 1 aromatic heterocycles. The van der Waals surface area contributed by atoms with Gasteiger partial charge >= 0.3 is 0 Å². The highest BCUT2D eigenvalue weighted by molar-refractivity contribution is 9.10. The molecule has 1 unspecified atom stereocenters. The van der Waals surface area contributed by atoms with Crippen LogP contribution in [0, 0.1) is 0 Å². The molecule has 0 radical (unpaired) electrons. The van der Waals surface area contributed by atoms with Gasteiger partial charge in [-0.25, -0.2) is 0 Å². The van der Waals surface area contributed by atoms with Gasteiger partial charge in [0, 0.05) is 39.3 Å². The highest BCUT2D eigenvalue weighted by Crippen LogP contribution is 2.47. The van der Waals surface area contributed by atoms with Gasteiger partial charge in [0.05, 0.1) is 11.6 Å². The maximum absolute atomic E-state index is 12.9. The van der Waals surface area contributed by atoms with Crippen molar-refractivity contribution >= 4 is 43.9 Å². The number of rotatable bonds is 1. The number of hydrogen-bond acceptors (Lipinski definition) is 3. The molecular weight excluding hydrogens is 388 g/mol. The van der Waals surface area contributed by atoms with E-state index in [2.05, 4.69) is 56.6 Å². The number of ketones is 1. The summed E-state index contributed by atoms with van der Waals surface area (Å²) in [6, 6.07) is 16.3. The monoisotopic (exact) mass is 404 g/mol. The fourth-order valence-corrected chi connectivity index (χ4v) is 4.64. The molecule has 1 N–H and O–H groups in total. The molecular formula is C22H17BrN2O. The second-order valence-electron chi connectivity index (χ2n) is 6.86. The fourth-order valence-electron chi connectivity index (χ4n) is 4.22. The Balaban J connectivity index is 1.79. The number of benzene rings is 2. The average Bonchev–Trinajstić information content (AvgIpc) is 2.67.